The highest BCUT2D eigenvalue weighted by Crippen LogP contribution is 2.12. The average molecular weight is 306 g/mol. The van der Waals surface area contributed by atoms with Gasteiger partial charge in [0.15, 0.2) is 0 Å². The Bertz CT molecular complexity index is 626. The van der Waals surface area contributed by atoms with Gasteiger partial charge in [0, 0.05) is 10.7 Å². The van der Waals surface area contributed by atoms with E-state index in [1.54, 1.807) is 36.4 Å². The van der Waals surface area contributed by atoms with Crippen molar-refractivity contribution in [2.45, 2.75) is 0 Å². The maximum absolute atomic E-state index is 12.7. The number of amides is 1. The Labute approximate surface area is 126 Å². The van der Waals surface area contributed by atoms with E-state index in [1.165, 1.54) is 18.3 Å². The summed E-state index contributed by atoms with van der Waals surface area (Å²) in [4.78, 5) is 11.6. The van der Waals surface area contributed by atoms with Crippen LogP contribution in [0.5, 0.6) is 0 Å². The lowest BCUT2D eigenvalue weighted by Crippen LogP contribution is -2.25. The molecule has 2 N–H and O–H groups in total. The number of nitrogens with one attached hydrogen (secondary N) is 2. The van der Waals surface area contributed by atoms with Crippen LogP contribution in [0.25, 0.3) is 0 Å². The third kappa shape index (κ3) is 5.24. The Kier molecular flexibility index (Phi) is 5.29. The first kappa shape index (κ1) is 15.0. The zero-order chi connectivity index (χ0) is 15.1. The summed E-state index contributed by atoms with van der Waals surface area (Å²) in [6.45, 7) is 0.0857. The minimum absolute atomic E-state index is 0.0857. The van der Waals surface area contributed by atoms with E-state index in [0.717, 1.165) is 5.69 Å². The molecule has 0 atom stereocenters. The average Bonchev–Trinajstić information content (AvgIpc) is 2.49. The standard InChI is InChI=1S/C15H13ClFN3O/c16-12-3-7-14(8-4-12)18-10-15(21)20-19-9-11-1-5-13(17)6-2-11/h1-9,18H,10H2,(H,20,21)/b19-9+. The summed E-state index contributed by atoms with van der Waals surface area (Å²) < 4.78 is 12.7. The van der Waals surface area contributed by atoms with Crippen LogP contribution in [0.4, 0.5) is 10.1 Å². The molecule has 0 unspecified atom stereocenters. The number of carbonyl (C=O) groups is 1. The summed E-state index contributed by atoms with van der Waals surface area (Å²) in [5.74, 6) is -0.605. The van der Waals surface area contributed by atoms with Crippen molar-refractivity contribution in [1.82, 2.24) is 5.43 Å². The number of rotatable bonds is 5. The molecule has 0 fully saturated rings. The summed E-state index contributed by atoms with van der Waals surface area (Å²) in [6.07, 6.45) is 1.44. The van der Waals surface area contributed by atoms with Gasteiger partial charge in [-0.25, -0.2) is 9.82 Å². The quantitative estimate of drug-likeness (QED) is 0.659. The SMILES string of the molecule is O=C(CNc1ccc(Cl)cc1)N/N=C/c1ccc(F)cc1. The van der Waals surface area contributed by atoms with Crippen molar-refractivity contribution in [2.24, 2.45) is 5.10 Å². The highest BCUT2D eigenvalue weighted by Gasteiger charge is 1.99. The van der Waals surface area contributed by atoms with E-state index >= 15 is 0 Å². The van der Waals surface area contributed by atoms with Crippen molar-refractivity contribution in [3.63, 3.8) is 0 Å². The van der Waals surface area contributed by atoms with Gasteiger partial charge in [-0.05, 0) is 42.0 Å². The van der Waals surface area contributed by atoms with E-state index in [1.807, 2.05) is 0 Å². The van der Waals surface area contributed by atoms with Gasteiger partial charge in [-0.15, -0.1) is 0 Å². The number of benzene rings is 2. The molecule has 0 aliphatic rings. The smallest absolute Gasteiger partial charge is 0.259 e. The van der Waals surface area contributed by atoms with Gasteiger partial charge in [0.25, 0.3) is 5.91 Å². The molecule has 2 rings (SSSR count). The number of hydrazone groups is 1. The molecular formula is C15H13ClFN3O. The fraction of sp³-hybridized carbons (Fsp3) is 0.0667. The second-order valence-electron chi connectivity index (χ2n) is 4.21. The summed E-state index contributed by atoms with van der Waals surface area (Å²) in [6, 6.07) is 12.8. The van der Waals surface area contributed by atoms with E-state index in [0.29, 0.717) is 10.6 Å². The molecule has 0 heterocycles. The first-order valence-corrected chi connectivity index (χ1v) is 6.58. The molecule has 2 aromatic carbocycles. The zero-order valence-electron chi connectivity index (χ0n) is 11.0. The van der Waals surface area contributed by atoms with Crippen LogP contribution in [0.2, 0.25) is 5.02 Å². The van der Waals surface area contributed by atoms with Crippen molar-refractivity contribution in [2.75, 3.05) is 11.9 Å². The lowest BCUT2D eigenvalue weighted by molar-refractivity contribution is -0.119. The van der Waals surface area contributed by atoms with Crippen LogP contribution in [0.3, 0.4) is 0 Å². The minimum Gasteiger partial charge on any atom is -0.376 e. The first-order valence-electron chi connectivity index (χ1n) is 6.20. The Morgan fingerprint density at radius 2 is 1.81 bits per heavy atom. The molecule has 0 aromatic heterocycles. The maximum Gasteiger partial charge on any atom is 0.259 e. The predicted octanol–water partition coefficient (Wildman–Crippen LogP) is 3.04. The molecule has 0 spiro atoms. The lowest BCUT2D eigenvalue weighted by Gasteiger charge is -2.04. The second-order valence-corrected chi connectivity index (χ2v) is 4.64. The lowest BCUT2D eigenvalue weighted by atomic mass is 10.2. The molecule has 108 valence electrons. The van der Waals surface area contributed by atoms with E-state index in [2.05, 4.69) is 15.8 Å². The van der Waals surface area contributed by atoms with Gasteiger partial charge in [0.1, 0.15) is 5.82 Å². The number of halogens is 2. The molecule has 0 aliphatic carbocycles. The van der Waals surface area contributed by atoms with Crippen molar-refractivity contribution in [3.05, 3.63) is 64.9 Å². The van der Waals surface area contributed by atoms with E-state index < -0.39 is 0 Å². The van der Waals surface area contributed by atoms with Crippen LogP contribution in [0.15, 0.2) is 53.6 Å². The Morgan fingerprint density at radius 3 is 2.48 bits per heavy atom. The molecule has 0 radical (unpaired) electrons. The highest BCUT2D eigenvalue weighted by molar-refractivity contribution is 6.30. The third-order valence-electron chi connectivity index (χ3n) is 2.57. The Balaban J connectivity index is 1.77. The fourth-order valence-electron chi connectivity index (χ4n) is 1.52. The van der Waals surface area contributed by atoms with Crippen molar-refractivity contribution in [1.29, 1.82) is 0 Å². The van der Waals surface area contributed by atoms with Gasteiger partial charge in [-0.1, -0.05) is 23.7 Å². The molecule has 21 heavy (non-hydrogen) atoms. The number of hydrogen-bond acceptors (Lipinski definition) is 3. The van der Waals surface area contributed by atoms with Gasteiger partial charge in [-0.3, -0.25) is 4.79 Å². The summed E-state index contributed by atoms with van der Waals surface area (Å²) >= 11 is 5.76. The number of nitrogens with zero attached hydrogens (tertiary/aromatic N) is 1. The van der Waals surface area contributed by atoms with Crippen molar-refractivity contribution < 1.29 is 9.18 Å². The Morgan fingerprint density at radius 1 is 1.14 bits per heavy atom. The minimum atomic E-state index is -0.316. The van der Waals surface area contributed by atoms with Crippen LogP contribution >= 0.6 is 11.6 Å². The second kappa shape index (κ2) is 7.40. The zero-order valence-corrected chi connectivity index (χ0v) is 11.8. The maximum atomic E-state index is 12.7. The van der Waals surface area contributed by atoms with E-state index in [9.17, 15) is 9.18 Å². The van der Waals surface area contributed by atoms with Crippen molar-refractivity contribution >= 4 is 29.4 Å². The molecule has 0 saturated carbocycles. The monoisotopic (exact) mass is 305 g/mol. The van der Waals surface area contributed by atoms with Gasteiger partial charge < -0.3 is 5.32 Å². The van der Waals surface area contributed by atoms with Crippen LogP contribution in [-0.4, -0.2) is 18.7 Å². The Hall–Kier alpha value is -2.40. The van der Waals surface area contributed by atoms with Crippen LogP contribution in [0.1, 0.15) is 5.56 Å². The normalized spacial score (nSPS) is 10.6. The topological polar surface area (TPSA) is 53.5 Å². The molecule has 0 saturated heterocycles. The summed E-state index contributed by atoms with van der Waals surface area (Å²) in [5.41, 5.74) is 3.86. The predicted molar refractivity (Wildman–Crippen MR) is 82.1 cm³/mol. The van der Waals surface area contributed by atoms with Crippen LogP contribution in [-0.2, 0) is 4.79 Å². The van der Waals surface area contributed by atoms with E-state index in [4.69, 9.17) is 11.6 Å². The third-order valence-corrected chi connectivity index (χ3v) is 2.82. The highest BCUT2D eigenvalue weighted by atomic mass is 35.5. The molecule has 0 aliphatic heterocycles. The van der Waals surface area contributed by atoms with Gasteiger partial charge in [0.05, 0.1) is 12.8 Å². The summed E-state index contributed by atoms with van der Waals surface area (Å²) in [7, 11) is 0. The van der Waals surface area contributed by atoms with Crippen LogP contribution in [0, 0.1) is 5.82 Å². The molecule has 1 amide bonds. The molecular weight excluding hydrogens is 293 g/mol. The molecule has 0 bridgehead atoms. The number of carbonyl (C=O) groups excluding carboxylic acids is 1. The van der Waals surface area contributed by atoms with Crippen LogP contribution < -0.4 is 10.7 Å². The molecule has 4 nitrogen and oxygen atoms in total. The molecule has 2 aromatic rings. The van der Waals surface area contributed by atoms with Gasteiger partial charge in [0.2, 0.25) is 0 Å². The first-order chi connectivity index (χ1) is 10.1. The fourth-order valence-corrected chi connectivity index (χ4v) is 1.64. The molecule has 6 heteroatoms. The number of anilines is 1. The summed E-state index contributed by atoms with van der Waals surface area (Å²) in [5, 5.41) is 7.36. The van der Waals surface area contributed by atoms with Crippen molar-refractivity contribution in [3.8, 4) is 0 Å². The van der Waals surface area contributed by atoms with Gasteiger partial charge >= 0.3 is 0 Å². The van der Waals surface area contributed by atoms with Gasteiger partial charge in [-0.2, -0.15) is 5.10 Å². The largest absolute Gasteiger partial charge is 0.376 e. The van der Waals surface area contributed by atoms with E-state index in [-0.39, 0.29) is 18.3 Å². The number of hydrogen-bond donors (Lipinski definition) is 2.